The highest BCUT2D eigenvalue weighted by atomic mass is 35.5. The van der Waals surface area contributed by atoms with Crippen molar-refractivity contribution >= 4 is 22.5 Å². The number of hydrogen-bond donors (Lipinski definition) is 2. The Kier molecular flexibility index (Phi) is 4.41. The smallest absolute Gasteiger partial charge is 0.0983 e. The fourth-order valence-electron chi connectivity index (χ4n) is 4.23. The average Bonchev–Trinajstić information content (AvgIpc) is 3.26. The molecule has 0 fully saturated rings. The largest absolute Gasteiger partial charge is 0.358 e. The number of aromatic amines is 1. The van der Waals surface area contributed by atoms with Crippen molar-refractivity contribution in [2.45, 2.75) is 31.8 Å². The van der Waals surface area contributed by atoms with Gasteiger partial charge < -0.3 is 10.3 Å². The predicted octanol–water partition coefficient (Wildman–Crippen LogP) is 4.26. The van der Waals surface area contributed by atoms with Gasteiger partial charge in [0.25, 0.3) is 0 Å². The molecule has 4 aromatic rings. The lowest BCUT2D eigenvalue weighted by atomic mass is 9.91. The van der Waals surface area contributed by atoms with Gasteiger partial charge in [-0.05, 0) is 55.2 Å². The molecule has 6 heteroatoms. The standard InChI is InChI=1S/C22H22ClN5/c1-28-13-15(22(27-28)14-3-2-8-24-11-14)12-25-17-5-7-21-19(10-17)18-9-16(23)4-6-20(18)26-21/h2-4,6,8-9,11,13,17,25-26H,5,7,10,12H2,1H3. The molecule has 0 saturated heterocycles. The van der Waals surface area contributed by atoms with E-state index in [0.717, 1.165) is 42.1 Å². The van der Waals surface area contributed by atoms with Gasteiger partial charge in [0.15, 0.2) is 0 Å². The highest BCUT2D eigenvalue weighted by Crippen LogP contribution is 2.31. The van der Waals surface area contributed by atoms with Crippen LogP contribution >= 0.6 is 11.6 Å². The van der Waals surface area contributed by atoms with Crippen molar-refractivity contribution in [1.82, 2.24) is 25.1 Å². The van der Waals surface area contributed by atoms with Crippen LogP contribution in [0.25, 0.3) is 22.2 Å². The van der Waals surface area contributed by atoms with Gasteiger partial charge in [-0.15, -0.1) is 0 Å². The maximum Gasteiger partial charge on any atom is 0.0983 e. The van der Waals surface area contributed by atoms with Gasteiger partial charge in [0.05, 0.1) is 5.69 Å². The van der Waals surface area contributed by atoms with E-state index in [2.05, 4.69) is 44.8 Å². The Labute approximate surface area is 168 Å². The fourth-order valence-corrected chi connectivity index (χ4v) is 4.40. The number of benzene rings is 1. The maximum atomic E-state index is 6.23. The minimum Gasteiger partial charge on any atom is -0.358 e. The van der Waals surface area contributed by atoms with Crippen LogP contribution in [-0.2, 0) is 26.4 Å². The van der Waals surface area contributed by atoms with Crippen molar-refractivity contribution in [2.75, 3.05) is 0 Å². The van der Waals surface area contributed by atoms with Crippen molar-refractivity contribution in [1.29, 1.82) is 0 Å². The first-order valence-corrected chi connectivity index (χ1v) is 10.0. The van der Waals surface area contributed by atoms with Crippen LogP contribution in [0, 0.1) is 0 Å². The molecule has 0 spiro atoms. The van der Waals surface area contributed by atoms with Gasteiger partial charge >= 0.3 is 0 Å². The van der Waals surface area contributed by atoms with E-state index in [1.807, 2.05) is 30.1 Å². The highest BCUT2D eigenvalue weighted by molar-refractivity contribution is 6.31. The molecular formula is C22H22ClN5. The Morgan fingerprint density at radius 2 is 2.25 bits per heavy atom. The van der Waals surface area contributed by atoms with Crippen molar-refractivity contribution in [2.24, 2.45) is 7.05 Å². The molecule has 3 heterocycles. The summed E-state index contributed by atoms with van der Waals surface area (Å²) in [7, 11) is 1.96. The normalized spacial score (nSPS) is 16.4. The van der Waals surface area contributed by atoms with Gasteiger partial charge in [-0.3, -0.25) is 9.67 Å². The summed E-state index contributed by atoms with van der Waals surface area (Å²) in [5.74, 6) is 0. The van der Waals surface area contributed by atoms with E-state index in [0.29, 0.717) is 6.04 Å². The summed E-state index contributed by atoms with van der Waals surface area (Å²) < 4.78 is 1.87. The van der Waals surface area contributed by atoms with Crippen LogP contribution in [0.1, 0.15) is 23.2 Å². The minimum absolute atomic E-state index is 0.437. The Hall–Kier alpha value is -2.63. The molecule has 1 aliphatic rings. The first kappa shape index (κ1) is 17.5. The third-order valence-corrected chi connectivity index (χ3v) is 5.81. The maximum absolute atomic E-state index is 6.23. The van der Waals surface area contributed by atoms with E-state index >= 15 is 0 Å². The highest BCUT2D eigenvalue weighted by Gasteiger charge is 2.23. The van der Waals surface area contributed by atoms with Crippen LogP contribution in [0.2, 0.25) is 5.02 Å². The summed E-state index contributed by atoms with van der Waals surface area (Å²) in [5, 5.41) is 10.4. The molecule has 1 unspecified atom stereocenters. The number of nitrogens with one attached hydrogen (secondary N) is 2. The minimum atomic E-state index is 0.437. The number of aromatic nitrogens is 4. The van der Waals surface area contributed by atoms with E-state index in [-0.39, 0.29) is 0 Å². The average molecular weight is 392 g/mol. The van der Waals surface area contributed by atoms with Gasteiger partial charge in [-0.2, -0.15) is 5.10 Å². The molecule has 5 nitrogen and oxygen atoms in total. The van der Waals surface area contributed by atoms with Crippen LogP contribution in [0.5, 0.6) is 0 Å². The van der Waals surface area contributed by atoms with E-state index in [4.69, 9.17) is 11.6 Å². The number of nitrogens with zero attached hydrogens (tertiary/aromatic N) is 3. The number of fused-ring (bicyclic) bond motifs is 3. The monoisotopic (exact) mass is 391 g/mol. The van der Waals surface area contributed by atoms with Crippen molar-refractivity contribution in [3.8, 4) is 11.3 Å². The number of H-pyrrole nitrogens is 1. The van der Waals surface area contributed by atoms with E-state index < -0.39 is 0 Å². The molecule has 0 aliphatic heterocycles. The summed E-state index contributed by atoms with van der Waals surface area (Å²) >= 11 is 6.23. The summed E-state index contributed by atoms with van der Waals surface area (Å²) in [6, 6.07) is 10.6. The fraction of sp³-hybridized carbons (Fsp3) is 0.273. The Morgan fingerprint density at radius 1 is 1.32 bits per heavy atom. The van der Waals surface area contributed by atoms with Crippen molar-refractivity contribution in [3.05, 3.63) is 70.8 Å². The molecule has 2 N–H and O–H groups in total. The molecular weight excluding hydrogens is 370 g/mol. The zero-order valence-corrected chi connectivity index (χ0v) is 16.5. The first-order chi connectivity index (χ1) is 13.7. The summed E-state index contributed by atoms with van der Waals surface area (Å²) in [6.45, 7) is 0.793. The number of rotatable bonds is 4. The van der Waals surface area contributed by atoms with E-state index in [9.17, 15) is 0 Å². The second-order valence-corrected chi connectivity index (χ2v) is 7.95. The summed E-state index contributed by atoms with van der Waals surface area (Å²) in [4.78, 5) is 7.80. The molecule has 0 amide bonds. The van der Waals surface area contributed by atoms with E-state index in [1.165, 1.54) is 27.7 Å². The second kappa shape index (κ2) is 7.08. The summed E-state index contributed by atoms with van der Waals surface area (Å²) in [5.41, 5.74) is 7.19. The third kappa shape index (κ3) is 3.21. The number of hydrogen-bond acceptors (Lipinski definition) is 3. The van der Waals surface area contributed by atoms with Crippen LogP contribution < -0.4 is 5.32 Å². The summed E-state index contributed by atoms with van der Waals surface area (Å²) in [6.07, 6.45) is 8.94. The van der Waals surface area contributed by atoms with Gasteiger partial charge in [-0.25, -0.2) is 0 Å². The van der Waals surface area contributed by atoms with Gasteiger partial charge in [0.2, 0.25) is 0 Å². The van der Waals surface area contributed by atoms with Crippen molar-refractivity contribution in [3.63, 3.8) is 0 Å². The number of pyridine rings is 1. The molecule has 5 rings (SSSR count). The topological polar surface area (TPSA) is 58.5 Å². The van der Waals surface area contributed by atoms with Gasteiger partial charge in [-0.1, -0.05) is 11.6 Å². The van der Waals surface area contributed by atoms with Crippen LogP contribution in [0.3, 0.4) is 0 Å². The van der Waals surface area contributed by atoms with Crippen LogP contribution in [0.4, 0.5) is 0 Å². The molecule has 1 atom stereocenters. The SMILES string of the molecule is Cn1cc(CNC2CCc3[nH]c4ccc(Cl)cc4c3C2)c(-c2cccnc2)n1. The van der Waals surface area contributed by atoms with Crippen molar-refractivity contribution < 1.29 is 0 Å². The van der Waals surface area contributed by atoms with Crippen LogP contribution in [0.15, 0.2) is 48.9 Å². The third-order valence-electron chi connectivity index (χ3n) is 5.57. The Balaban J connectivity index is 1.35. The second-order valence-electron chi connectivity index (χ2n) is 7.51. The molecule has 0 bridgehead atoms. The van der Waals surface area contributed by atoms with Gasteiger partial charge in [0, 0.05) is 71.0 Å². The van der Waals surface area contributed by atoms with E-state index in [1.54, 1.807) is 6.20 Å². The quantitative estimate of drug-likeness (QED) is 0.546. The zero-order valence-electron chi connectivity index (χ0n) is 15.7. The Bertz CT molecular complexity index is 1130. The Morgan fingerprint density at radius 3 is 3.11 bits per heavy atom. The molecule has 0 saturated carbocycles. The van der Waals surface area contributed by atoms with Gasteiger partial charge in [0.1, 0.15) is 0 Å². The molecule has 1 aromatic carbocycles. The zero-order chi connectivity index (χ0) is 19.1. The van der Waals surface area contributed by atoms with Crippen LogP contribution in [-0.4, -0.2) is 25.8 Å². The molecule has 0 radical (unpaired) electrons. The lowest BCUT2D eigenvalue weighted by molar-refractivity contribution is 0.457. The molecule has 1 aliphatic carbocycles. The lowest BCUT2D eigenvalue weighted by Crippen LogP contribution is -2.34. The number of halogens is 1. The predicted molar refractivity (Wildman–Crippen MR) is 112 cm³/mol. The molecule has 3 aromatic heterocycles. The number of aryl methyl sites for hydroxylation is 2. The lowest BCUT2D eigenvalue weighted by Gasteiger charge is -2.23. The first-order valence-electron chi connectivity index (χ1n) is 9.62. The molecule has 28 heavy (non-hydrogen) atoms. The molecule has 142 valence electrons.